The predicted molar refractivity (Wildman–Crippen MR) is 73.8 cm³/mol. The molecule has 1 fully saturated rings. The van der Waals surface area contributed by atoms with Gasteiger partial charge < -0.3 is 5.32 Å². The Morgan fingerprint density at radius 2 is 2.17 bits per heavy atom. The van der Waals surface area contributed by atoms with Crippen molar-refractivity contribution in [2.45, 2.75) is 46.1 Å². The molecular weight excluding hydrogens is 226 g/mol. The van der Waals surface area contributed by atoms with Crippen molar-refractivity contribution in [3.05, 3.63) is 22.6 Å². The average Bonchev–Trinajstić information content (AvgIpc) is 2.82. The minimum Gasteiger partial charge on any atom is -0.383 e. The molecule has 1 aromatic rings. The van der Waals surface area contributed by atoms with Crippen molar-refractivity contribution in [2.75, 3.05) is 11.9 Å². The van der Waals surface area contributed by atoms with Crippen LogP contribution in [0.15, 0.2) is 17.1 Å². The highest BCUT2D eigenvalue weighted by atomic mass is 16.1. The molecule has 1 heterocycles. The Hall–Kier alpha value is -1.32. The van der Waals surface area contributed by atoms with Crippen molar-refractivity contribution in [1.29, 1.82) is 0 Å². The molecule has 1 aliphatic rings. The van der Waals surface area contributed by atoms with Gasteiger partial charge >= 0.3 is 0 Å². The average molecular weight is 249 g/mol. The summed E-state index contributed by atoms with van der Waals surface area (Å²) in [5.41, 5.74) is 0.840. The lowest BCUT2D eigenvalue weighted by Gasteiger charge is -2.12. The van der Waals surface area contributed by atoms with Crippen LogP contribution in [0.5, 0.6) is 0 Å². The van der Waals surface area contributed by atoms with Gasteiger partial charge in [-0.2, -0.15) is 5.10 Å². The Labute approximate surface area is 108 Å². The fourth-order valence-corrected chi connectivity index (χ4v) is 2.43. The largest absolute Gasteiger partial charge is 0.383 e. The highest BCUT2D eigenvalue weighted by Gasteiger charge is 2.16. The van der Waals surface area contributed by atoms with Crippen LogP contribution in [0.3, 0.4) is 0 Å². The molecule has 4 nitrogen and oxygen atoms in total. The van der Waals surface area contributed by atoms with Gasteiger partial charge in [-0.1, -0.05) is 26.7 Å². The summed E-state index contributed by atoms with van der Waals surface area (Å²) in [6.07, 6.45) is 6.84. The molecule has 0 atom stereocenters. The summed E-state index contributed by atoms with van der Waals surface area (Å²) in [5, 5.41) is 7.49. The second-order valence-electron chi connectivity index (χ2n) is 5.69. The molecule has 0 aliphatic heterocycles. The Balaban J connectivity index is 1.98. The van der Waals surface area contributed by atoms with Crippen LogP contribution in [0.25, 0.3) is 0 Å². The third-order valence-electron chi connectivity index (χ3n) is 3.49. The third kappa shape index (κ3) is 3.59. The number of hydrogen-bond acceptors (Lipinski definition) is 3. The zero-order chi connectivity index (χ0) is 13.0. The van der Waals surface area contributed by atoms with Crippen molar-refractivity contribution in [3.63, 3.8) is 0 Å². The number of anilines is 1. The lowest BCUT2D eigenvalue weighted by atomic mass is 10.1. The summed E-state index contributed by atoms with van der Waals surface area (Å²) in [6, 6.07) is 1.66. The molecular formula is C14H23N3O. The molecule has 1 N–H and O–H groups in total. The van der Waals surface area contributed by atoms with E-state index >= 15 is 0 Å². The van der Waals surface area contributed by atoms with Gasteiger partial charge in [0.25, 0.3) is 5.56 Å². The second-order valence-corrected chi connectivity index (χ2v) is 5.69. The van der Waals surface area contributed by atoms with E-state index in [1.54, 1.807) is 16.9 Å². The van der Waals surface area contributed by atoms with Gasteiger partial charge in [-0.3, -0.25) is 4.79 Å². The summed E-state index contributed by atoms with van der Waals surface area (Å²) in [7, 11) is 0. The number of hydrogen-bond donors (Lipinski definition) is 1. The molecule has 0 spiro atoms. The van der Waals surface area contributed by atoms with E-state index in [4.69, 9.17) is 0 Å². The van der Waals surface area contributed by atoms with Crippen molar-refractivity contribution in [1.82, 2.24) is 9.78 Å². The summed E-state index contributed by atoms with van der Waals surface area (Å²) in [4.78, 5) is 11.9. The molecule has 0 amide bonds. The lowest BCUT2D eigenvalue weighted by molar-refractivity contribution is 0.415. The first kappa shape index (κ1) is 13.1. The van der Waals surface area contributed by atoms with E-state index in [0.29, 0.717) is 11.8 Å². The number of aromatic nitrogens is 2. The van der Waals surface area contributed by atoms with Gasteiger partial charge in [-0.25, -0.2) is 4.68 Å². The van der Waals surface area contributed by atoms with Crippen LogP contribution >= 0.6 is 0 Å². The van der Waals surface area contributed by atoms with E-state index in [0.717, 1.165) is 18.8 Å². The van der Waals surface area contributed by atoms with Crippen LogP contribution in [-0.2, 0) is 6.54 Å². The molecule has 18 heavy (non-hydrogen) atoms. The molecule has 0 aromatic carbocycles. The number of nitrogens with zero attached hydrogens (tertiary/aromatic N) is 2. The lowest BCUT2D eigenvalue weighted by Crippen LogP contribution is -2.25. The Bertz CT molecular complexity index is 433. The van der Waals surface area contributed by atoms with Gasteiger partial charge in [0.15, 0.2) is 0 Å². The van der Waals surface area contributed by atoms with Gasteiger partial charge in [0, 0.05) is 19.2 Å². The molecule has 2 rings (SSSR count). The molecule has 1 aliphatic carbocycles. The monoisotopic (exact) mass is 249 g/mol. The Morgan fingerprint density at radius 3 is 2.78 bits per heavy atom. The molecule has 1 aromatic heterocycles. The Kier molecular flexibility index (Phi) is 4.39. The predicted octanol–water partition coefficient (Wildman–Crippen LogP) is 2.50. The molecule has 0 saturated heterocycles. The van der Waals surface area contributed by atoms with E-state index in [9.17, 15) is 4.79 Å². The van der Waals surface area contributed by atoms with E-state index in [1.807, 2.05) is 0 Å². The molecule has 0 bridgehead atoms. The minimum atomic E-state index is 0.00987. The molecule has 100 valence electrons. The first-order valence-electron chi connectivity index (χ1n) is 6.96. The maximum atomic E-state index is 11.9. The SMILES string of the molecule is CC(C)CNc1cnn(CC2CCCC2)c(=O)c1. The number of rotatable bonds is 5. The van der Waals surface area contributed by atoms with Crippen LogP contribution in [0.2, 0.25) is 0 Å². The summed E-state index contributed by atoms with van der Waals surface area (Å²) in [5.74, 6) is 1.20. The maximum Gasteiger partial charge on any atom is 0.268 e. The van der Waals surface area contributed by atoms with Crippen molar-refractivity contribution < 1.29 is 0 Å². The van der Waals surface area contributed by atoms with Crippen LogP contribution in [0.4, 0.5) is 5.69 Å². The van der Waals surface area contributed by atoms with Crippen LogP contribution in [0.1, 0.15) is 39.5 Å². The van der Waals surface area contributed by atoms with E-state index < -0.39 is 0 Å². The van der Waals surface area contributed by atoms with Crippen molar-refractivity contribution in [2.24, 2.45) is 11.8 Å². The van der Waals surface area contributed by atoms with Crippen molar-refractivity contribution in [3.8, 4) is 0 Å². The van der Waals surface area contributed by atoms with E-state index in [2.05, 4.69) is 24.3 Å². The van der Waals surface area contributed by atoms with Gasteiger partial charge in [-0.05, 0) is 24.7 Å². The normalized spacial score (nSPS) is 16.4. The van der Waals surface area contributed by atoms with Crippen molar-refractivity contribution >= 4 is 5.69 Å². The fourth-order valence-electron chi connectivity index (χ4n) is 2.43. The van der Waals surface area contributed by atoms with Gasteiger partial charge in [-0.15, -0.1) is 0 Å². The van der Waals surface area contributed by atoms with E-state index in [1.165, 1.54) is 25.7 Å². The standard InChI is InChI=1S/C14H23N3O/c1-11(2)8-15-13-7-14(18)17(16-9-13)10-12-5-3-4-6-12/h7,9,11-12,15H,3-6,8,10H2,1-2H3. The second kappa shape index (κ2) is 6.03. The fraction of sp³-hybridized carbons (Fsp3) is 0.714. The van der Waals surface area contributed by atoms with Crippen LogP contribution in [0, 0.1) is 11.8 Å². The van der Waals surface area contributed by atoms with Gasteiger partial charge in [0.2, 0.25) is 0 Å². The van der Waals surface area contributed by atoms with Crippen LogP contribution in [-0.4, -0.2) is 16.3 Å². The Morgan fingerprint density at radius 1 is 1.44 bits per heavy atom. The first-order valence-corrected chi connectivity index (χ1v) is 6.96. The molecule has 4 heteroatoms. The molecule has 1 saturated carbocycles. The number of nitrogens with one attached hydrogen (secondary N) is 1. The summed E-state index contributed by atoms with van der Waals surface area (Å²) in [6.45, 7) is 5.93. The molecule has 0 radical (unpaired) electrons. The summed E-state index contributed by atoms with van der Waals surface area (Å²) >= 11 is 0. The van der Waals surface area contributed by atoms with Gasteiger partial charge in [0.05, 0.1) is 11.9 Å². The minimum absolute atomic E-state index is 0.00987. The summed E-state index contributed by atoms with van der Waals surface area (Å²) < 4.78 is 1.61. The first-order chi connectivity index (χ1) is 8.65. The smallest absolute Gasteiger partial charge is 0.268 e. The van der Waals surface area contributed by atoms with Crippen LogP contribution < -0.4 is 10.9 Å². The quantitative estimate of drug-likeness (QED) is 0.872. The zero-order valence-electron chi connectivity index (χ0n) is 11.4. The molecule has 0 unspecified atom stereocenters. The topological polar surface area (TPSA) is 46.9 Å². The van der Waals surface area contributed by atoms with Gasteiger partial charge in [0.1, 0.15) is 0 Å². The van der Waals surface area contributed by atoms with E-state index in [-0.39, 0.29) is 5.56 Å². The third-order valence-corrected chi connectivity index (χ3v) is 3.49. The highest BCUT2D eigenvalue weighted by Crippen LogP contribution is 2.25. The zero-order valence-corrected chi connectivity index (χ0v) is 11.4. The highest BCUT2D eigenvalue weighted by molar-refractivity contribution is 5.38. The maximum absolute atomic E-state index is 11.9.